The molecular formula is C17H20ClNO4S. The van der Waals surface area contributed by atoms with Crippen LogP contribution >= 0.6 is 11.6 Å². The van der Waals surface area contributed by atoms with Gasteiger partial charge in [-0.2, -0.15) is 0 Å². The SMILES string of the molecule is COc1cccc(C(CNS(=O)(=O)Cc2ccccc2Cl)OC)c1. The maximum atomic E-state index is 12.3. The van der Waals surface area contributed by atoms with Crippen molar-refractivity contribution in [3.8, 4) is 5.75 Å². The Kier molecular flexibility index (Phi) is 6.62. The van der Waals surface area contributed by atoms with Gasteiger partial charge in [-0.05, 0) is 29.3 Å². The van der Waals surface area contributed by atoms with E-state index in [0.29, 0.717) is 16.3 Å². The average molecular weight is 370 g/mol. The molecule has 0 heterocycles. The van der Waals surface area contributed by atoms with Crippen molar-refractivity contribution in [3.05, 3.63) is 64.7 Å². The molecular weight excluding hydrogens is 350 g/mol. The van der Waals surface area contributed by atoms with E-state index >= 15 is 0 Å². The van der Waals surface area contributed by atoms with Crippen LogP contribution in [0.15, 0.2) is 48.5 Å². The normalized spacial score (nSPS) is 12.8. The van der Waals surface area contributed by atoms with Crippen LogP contribution < -0.4 is 9.46 Å². The van der Waals surface area contributed by atoms with Crippen molar-refractivity contribution in [1.29, 1.82) is 0 Å². The van der Waals surface area contributed by atoms with Crippen LogP contribution in [0.25, 0.3) is 0 Å². The Hall–Kier alpha value is -1.60. The summed E-state index contributed by atoms with van der Waals surface area (Å²) in [5.41, 5.74) is 1.39. The van der Waals surface area contributed by atoms with E-state index in [4.69, 9.17) is 21.1 Å². The van der Waals surface area contributed by atoms with E-state index in [1.807, 2.05) is 24.3 Å². The molecule has 1 unspecified atom stereocenters. The van der Waals surface area contributed by atoms with Gasteiger partial charge in [0.05, 0.1) is 19.0 Å². The number of benzene rings is 2. The largest absolute Gasteiger partial charge is 0.497 e. The molecule has 1 atom stereocenters. The second kappa shape index (κ2) is 8.48. The molecule has 0 radical (unpaired) electrons. The number of methoxy groups -OCH3 is 2. The lowest BCUT2D eigenvalue weighted by molar-refractivity contribution is 0.107. The summed E-state index contributed by atoms with van der Waals surface area (Å²) in [6, 6.07) is 14.2. The molecule has 0 aliphatic heterocycles. The van der Waals surface area contributed by atoms with E-state index in [2.05, 4.69) is 4.72 Å². The first kappa shape index (κ1) is 18.7. The Bertz CT molecular complexity index is 780. The molecule has 0 saturated heterocycles. The lowest BCUT2D eigenvalue weighted by atomic mass is 10.1. The highest BCUT2D eigenvalue weighted by Gasteiger charge is 2.18. The molecule has 5 nitrogen and oxygen atoms in total. The number of hydrogen-bond donors (Lipinski definition) is 1. The summed E-state index contributed by atoms with van der Waals surface area (Å²) in [4.78, 5) is 0. The molecule has 130 valence electrons. The zero-order chi connectivity index (χ0) is 17.6. The van der Waals surface area contributed by atoms with Gasteiger partial charge in [0, 0.05) is 18.7 Å². The van der Waals surface area contributed by atoms with Crippen LogP contribution in [0.2, 0.25) is 5.02 Å². The summed E-state index contributed by atoms with van der Waals surface area (Å²) in [5, 5.41) is 0.430. The highest BCUT2D eigenvalue weighted by molar-refractivity contribution is 7.88. The topological polar surface area (TPSA) is 64.6 Å². The minimum absolute atomic E-state index is 0.121. The fraction of sp³-hybridized carbons (Fsp3) is 0.294. The summed E-state index contributed by atoms with van der Waals surface area (Å²) < 4.78 is 37.7. The van der Waals surface area contributed by atoms with Gasteiger partial charge in [0.2, 0.25) is 10.0 Å². The molecule has 1 N–H and O–H groups in total. The molecule has 24 heavy (non-hydrogen) atoms. The van der Waals surface area contributed by atoms with Crippen molar-refractivity contribution in [2.75, 3.05) is 20.8 Å². The lowest BCUT2D eigenvalue weighted by Crippen LogP contribution is -2.30. The predicted octanol–water partition coefficient (Wildman–Crippen LogP) is 3.16. The third-order valence-corrected chi connectivity index (χ3v) is 5.21. The first-order valence-electron chi connectivity index (χ1n) is 7.32. The van der Waals surface area contributed by atoms with Crippen LogP contribution in [-0.2, 0) is 20.5 Å². The van der Waals surface area contributed by atoms with Crippen LogP contribution in [-0.4, -0.2) is 29.2 Å². The molecule has 0 aliphatic carbocycles. The number of ether oxygens (including phenoxy) is 2. The molecule has 7 heteroatoms. The van der Waals surface area contributed by atoms with Gasteiger partial charge >= 0.3 is 0 Å². The van der Waals surface area contributed by atoms with Gasteiger partial charge < -0.3 is 9.47 Å². The van der Waals surface area contributed by atoms with Gasteiger partial charge in [-0.25, -0.2) is 13.1 Å². The van der Waals surface area contributed by atoms with Crippen molar-refractivity contribution >= 4 is 21.6 Å². The third kappa shape index (κ3) is 5.21. The summed E-state index contributed by atoms with van der Waals surface area (Å²) in [7, 11) is -0.421. The Balaban J connectivity index is 2.05. The molecule has 0 amide bonds. The van der Waals surface area contributed by atoms with Crippen LogP contribution in [0.3, 0.4) is 0 Å². The van der Waals surface area contributed by atoms with Gasteiger partial charge in [0.1, 0.15) is 5.75 Å². The first-order valence-corrected chi connectivity index (χ1v) is 9.35. The molecule has 0 saturated carbocycles. The van der Waals surface area contributed by atoms with Crippen molar-refractivity contribution < 1.29 is 17.9 Å². The van der Waals surface area contributed by atoms with Crippen molar-refractivity contribution in [3.63, 3.8) is 0 Å². The summed E-state index contributed by atoms with van der Waals surface area (Å²) in [5.74, 6) is 0.509. The van der Waals surface area contributed by atoms with E-state index in [1.165, 1.54) is 7.11 Å². The van der Waals surface area contributed by atoms with Crippen molar-refractivity contribution in [2.24, 2.45) is 0 Å². The molecule has 0 spiro atoms. The second-order valence-corrected chi connectivity index (χ2v) is 7.41. The Morgan fingerprint density at radius 3 is 2.54 bits per heavy atom. The zero-order valence-corrected chi connectivity index (χ0v) is 15.1. The number of sulfonamides is 1. The molecule has 0 aliphatic rings. The van der Waals surface area contributed by atoms with Crippen molar-refractivity contribution in [2.45, 2.75) is 11.9 Å². The van der Waals surface area contributed by atoms with E-state index < -0.39 is 16.1 Å². The summed E-state index contributed by atoms with van der Waals surface area (Å²) in [6.45, 7) is 0.121. The fourth-order valence-electron chi connectivity index (χ4n) is 2.25. The Morgan fingerprint density at radius 2 is 1.88 bits per heavy atom. The predicted molar refractivity (Wildman–Crippen MR) is 94.8 cm³/mol. The molecule has 0 fully saturated rings. The van der Waals surface area contributed by atoms with E-state index in [0.717, 1.165) is 5.56 Å². The van der Waals surface area contributed by atoms with Crippen molar-refractivity contribution in [1.82, 2.24) is 4.72 Å². The maximum Gasteiger partial charge on any atom is 0.215 e. The van der Waals surface area contributed by atoms with Crippen LogP contribution in [0.4, 0.5) is 0 Å². The van der Waals surface area contributed by atoms with Gasteiger partial charge in [-0.15, -0.1) is 0 Å². The van der Waals surface area contributed by atoms with Crippen LogP contribution in [0.1, 0.15) is 17.2 Å². The minimum atomic E-state index is -3.53. The van der Waals surface area contributed by atoms with Crippen LogP contribution in [0, 0.1) is 0 Å². The zero-order valence-electron chi connectivity index (χ0n) is 13.5. The standard InChI is InChI=1S/C17H20ClNO4S/c1-22-15-8-5-7-13(10-15)17(23-2)11-19-24(20,21)12-14-6-3-4-9-16(14)18/h3-10,17,19H,11-12H2,1-2H3. The quantitative estimate of drug-likeness (QED) is 0.776. The molecule has 2 rings (SSSR count). The van der Waals surface area contributed by atoms with Gasteiger partial charge in [-0.3, -0.25) is 0 Å². The third-order valence-electron chi connectivity index (χ3n) is 3.54. The number of nitrogens with one attached hydrogen (secondary N) is 1. The molecule has 0 aromatic heterocycles. The number of halogens is 1. The minimum Gasteiger partial charge on any atom is -0.497 e. The van der Waals surface area contributed by atoms with Gasteiger partial charge in [0.25, 0.3) is 0 Å². The summed E-state index contributed by atoms with van der Waals surface area (Å²) in [6.07, 6.45) is -0.416. The first-order chi connectivity index (χ1) is 11.4. The lowest BCUT2D eigenvalue weighted by Gasteiger charge is -2.17. The smallest absolute Gasteiger partial charge is 0.215 e. The number of rotatable bonds is 8. The molecule has 0 bridgehead atoms. The highest BCUT2D eigenvalue weighted by Crippen LogP contribution is 2.22. The molecule has 2 aromatic carbocycles. The average Bonchev–Trinajstić information content (AvgIpc) is 2.57. The maximum absolute atomic E-state index is 12.3. The Labute approximate surface area is 147 Å². The summed E-state index contributed by atoms with van der Waals surface area (Å²) >= 11 is 6.02. The van der Waals surface area contributed by atoms with Gasteiger partial charge in [0.15, 0.2) is 0 Å². The highest BCUT2D eigenvalue weighted by atomic mass is 35.5. The van der Waals surface area contributed by atoms with Crippen LogP contribution in [0.5, 0.6) is 5.75 Å². The Morgan fingerprint density at radius 1 is 1.12 bits per heavy atom. The second-order valence-electron chi connectivity index (χ2n) is 5.20. The van der Waals surface area contributed by atoms with Gasteiger partial charge in [-0.1, -0.05) is 41.9 Å². The van der Waals surface area contributed by atoms with E-state index in [-0.39, 0.29) is 12.3 Å². The molecule has 2 aromatic rings. The monoisotopic (exact) mass is 369 g/mol. The fourth-order valence-corrected chi connectivity index (χ4v) is 3.70. The van der Waals surface area contributed by atoms with E-state index in [9.17, 15) is 8.42 Å². The van der Waals surface area contributed by atoms with E-state index in [1.54, 1.807) is 31.4 Å². The number of hydrogen-bond acceptors (Lipinski definition) is 4.